The van der Waals surface area contributed by atoms with E-state index in [1.807, 2.05) is 43.4 Å². The topological polar surface area (TPSA) is 72.2 Å². The fraction of sp³-hybridized carbons (Fsp3) is 0.211. The van der Waals surface area contributed by atoms with Gasteiger partial charge in [-0.1, -0.05) is 48.6 Å². The third-order valence-electron chi connectivity index (χ3n) is 3.87. The summed E-state index contributed by atoms with van der Waals surface area (Å²) in [5, 5.41) is 14.2. The molecule has 0 aromatic heterocycles. The van der Waals surface area contributed by atoms with Gasteiger partial charge in [-0.15, -0.1) is 0 Å². The van der Waals surface area contributed by atoms with Gasteiger partial charge < -0.3 is 5.32 Å². The molecule has 0 saturated carbocycles. The van der Waals surface area contributed by atoms with Crippen molar-refractivity contribution in [3.63, 3.8) is 0 Å². The second-order valence-corrected chi connectivity index (χ2v) is 5.55. The molecule has 24 heavy (non-hydrogen) atoms. The van der Waals surface area contributed by atoms with Gasteiger partial charge in [-0.25, -0.2) is 0 Å². The first-order valence-electron chi connectivity index (χ1n) is 7.72. The maximum absolute atomic E-state index is 12.5. The van der Waals surface area contributed by atoms with E-state index in [0.717, 1.165) is 23.1 Å². The maximum Gasteiger partial charge on any atom is 0.332 e. The molecule has 0 amide bonds. The summed E-state index contributed by atoms with van der Waals surface area (Å²) in [6.07, 6.45) is 11.9. The van der Waals surface area contributed by atoms with Gasteiger partial charge in [0.25, 0.3) is 5.78 Å². The van der Waals surface area contributed by atoms with E-state index in [-0.39, 0.29) is 0 Å². The summed E-state index contributed by atoms with van der Waals surface area (Å²) in [6.45, 7) is 4.08. The lowest BCUT2D eigenvalue weighted by molar-refractivity contribution is -0.417. The van der Waals surface area contributed by atoms with Gasteiger partial charge in [0.15, 0.2) is 0 Å². The molecule has 0 aliphatic heterocycles. The molecule has 5 heteroatoms. The Morgan fingerprint density at radius 3 is 2.88 bits per heavy atom. The van der Waals surface area contributed by atoms with Crippen molar-refractivity contribution < 1.29 is 9.72 Å². The second kappa shape index (κ2) is 8.06. The minimum atomic E-state index is -0.645. The fourth-order valence-electron chi connectivity index (χ4n) is 2.34. The third-order valence-corrected chi connectivity index (χ3v) is 3.87. The highest BCUT2D eigenvalue weighted by Gasteiger charge is 2.25. The van der Waals surface area contributed by atoms with Gasteiger partial charge in [0.1, 0.15) is 0 Å². The Bertz CT molecular complexity index is 771. The lowest BCUT2D eigenvalue weighted by Gasteiger charge is -2.07. The number of Topliss-reactive ketones (excluding diaryl/α,β-unsaturated/α-hetero) is 1. The second-order valence-electron chi connectivity index (χ2n) is 5.55. The summed E-state index contributed by atoms with van der Waals surface area (Å²) in [7, 11) is 0. The number of nitrogens with one attached hydrogen (secondary N) is 1. The van der Waals surface area contributed by atoms with Gasteiger partial charge in [-0.2, -0.15) is 0 Å². The van der Waals surface area contributed by atoms with Gasteiger partial charge >= 0.3 is 5.70 Å². The average molecular weight is 324 g/mol. The van der Waals surface area contributed by atoms with Crippen LogP contribution in [-0.2, 0) is 0 Å². The molecule has 124 valence electrons. The minimum Gasteiger partial charge on any atom is -0.381 e. The van der Waals surface area contributed by atoms with Crippen molar-refractivity contribution in [3.8, 4) is 0 Å². The number of hydrogen-bond acceptors (Lipinski definition) is 4. The third kappa shape index (κ3) is 4.29. The van der Waals surface area contributed by atoms with Gasteiger partial charge in [-0.3, -0.25) is 14.9 Å². The quantitative estimate of drug-likeness (QED) is 0.375. The van der Waals surface area contributed by atoms with Crippen LogP contribution in [0.5, 0.6) is 0 Å². The van der Waals surface area contributed by atoms with Crippen molar-refractivity contribution in [1.82, 2.24) is 5.32 Å². The maximum atomic E-state index is 12.5. The van der Waals surface area contributed by atoms with Crippen LogP contribution in [0.4, 0.5) is 0 Å². The highest BCUT2D eigenvalue weighted by Crippen LogP contribution is 2.17. The first kappa shape index (κ1) is 17.4. The number of nitrogens with zero attached hydrogens (tertiary/aromatic N) is 1. The summed E-state index contributed by atoms with van der Waals surface area (Å²) >= 11 is 0. The van der Waals surface area contributed by atoms with Gasteiger partial charge in [0.2, 0.25) is 0 Å². The van der Waals surface area contributed by atoms with E-state index in [1.165, 1.54) is 6.20 Å². The number of carbonyl (C=O) groups excluding carboxylic acids is 1. The van der Waals surface area contributed by atoms with Crippen LogP contribution in [0.15, 0.2) is 66.0 Å². The molecule has 1 N–H and O–H groups in total. The molecule has 2 rings (SSSR count). The Labute approximate surface area is 141 Å². The summed E-state index contributed by atoms with van der Waals surface area (Å²) in [5.41, 5.74) is 2.57. The number of rotatable bonds is 6. The van der Waals surface area contributed by atoms with E-state index >= 15 is 0 Å². The molecular formula is C19H20N2O3. The molecule has 0 unspecified atom stereocenters. The van der Waals surface area contributed by atoms with Crippen LogP contribution >= 0.6 is 0 Å². The zero-order valence-electron chi connectivity index (χ0n) is 13.8. The molecule has 0 atom stereocenters. The molecule has 1 aromatic carbocycles. The lowest BCUT2D eigenvalue weighted by atomic mass is 9.99. The number of nitro groups is 1. The minimum absolute atomic E-state index is 0.358. The molecule has 0 fully saturated rings. The van der Waals surface area contributed by atoms with Gasteiger partial charge in [0, 0.05) is 12.1 Å². The molecule has 0 bridgehead atoms. The molecule has 1 aromatic rings. The monoisotopic (exact) mass is 324 g/mol. The van der Waals surface area contributed by atoms with E-state index in [0.29, 0.717) is 12.1 Å². The van der Waals surface area contributed by atoms with Gasteiger partial charge in [0.05, 0.1) is 11.1 Å². The highest BCUT2D eigenvalue weighted by molar-refractivity contribution is 6.08. The van der Waals surface area contributed by atoms with Crippen molar-refractivity contribution >= 4 is 5.78 Å². The van der Waals surface area contributed by atoms with Crippen LogP contribution < -0.4 is 5.32 Å². The molecule has 1 aliphatic carbocycles. The Morgan fingerprint density at radius 1 is 1.33 bits per heavy atom. The van der Waals surface area contributed by atoms with Crippen molar-refractivity contribution in [2.75, 3.05) is 6.54 Å². The largest absolute Gasteiger partial charge is 0.381 e. The van der Waals surface area contributed by atoms with Crippen molar-refractivity contribution in [2.45, 2.75) is 20.3 Å². The summed E-state index contributed by atoms with van der Waals surface area (Å²) < 4.78 is 0. The van der Waals surface area contributed by atoms with Crippen LogP contribution in [0.25, 0.3) is 0 Å². The standard InChI is InChI=1S/C19H20N2O3/c1-14-8-7-11-17(15(14)2)19(22)18(21(23)24)13-20-12-16-9-5-3-4-6-10-16/h3,5-11,13,20H,4,12H2,1-2H3/b18-13-. The van der Waals surface area contributed by atoms with Crippen molar-refractivity contribution in [1.29, 1.82) is 0 Å². The Kier molecular flexibility index (Phi) is 5.84. The first-order valence-corrected chi connectivity index (χ1v) is 7.72. The smallest absolute Gasteiger partial charge is 0.332 e. The summed E-state index contributed by atoms with van der Waals surface area (Å²) in [4.78, 5) is 23.1. The SMILES string of the molecule is Cc1cccc(C(=O)/C(=C/NCC2=CC=CCC=C2)[N+](=O)[O-])c1C. The number of benzene rings is 1. The van der Waals surface area contributed by atoms with E-state index in [1.54, 1.807) is 19.1 Å². The van der Waals surface area contributed by atoms with E-state index in [9.17, 15) is 14.9 Å². The van der Waals surface area contributed by atoms with Crippen LogP contribution in [0, 0.1) is 24.0 Å². The van der Waals surface area contributed by atoms with E-state index < -0.39 is 16.4 Å². The number of ketones is 1. The predicted molar refractivity (Wildman–Crippen MR) is 94.3 cm³/mol. The molecule has 0 saturated heterocycles. The van der Waals surface area contributed by atoms with Crippen molar-refractivity contribution in [2.24, 2.45) is 0 Å². The molecule has 1 aliphatic rings. The lowest BCUT2D eigenvalue weighted by Crippen LogP contribution is -2.18. The number of carbonyl (C=O) groups is 1. The molecule has 0 radical (unpaired) electrons. The van der Waals surface area contributed by atoms with E-state index in [2.05, 4.69) is 5.32 Å². The zero-order chi connectivity index (χ0) is 17.5. The Morgan fingerprint density at radius 2 is 2.12 bits per heavy atom. The molecule has 5 nitrogen and oxygen atoms in total. The highest BCUT2D eigenvalue weighted by atomic mass is 16.6. The average Bonchev–Trinajstić information content (AvgIpc) is 2.82. The van der Waals surface area contributed by atoms with Gasteiger partial charge in [-0.05, 0) is 37.0 Å². The predicted octanol–water partition coefficient (Wildman–Crippen LogP) is 3.64. The zero-order valence-corrected chi connectivity index (χ0v) is 13.8. The Balaban J connectivity index is 2.18. The normalized spacial score (nSPS) is 14.1. The Hall–Kier alpha value is -2.95. The van der Waals surface area contributed by atoms with Crippen LogP contribution in [0.3, 0.4) is 0 Å². The van der Waals surface area contributed by atoms with Crippen LogP contribution in [0.2, 0.25) is 0 Å². The van der Waals surface area contributed by atoms with Crippen molar-refractivity contribution in [3.05, 3.63) is 92.9 Å². The summed E-state index contributed by atoms with van der Waals surface area (Å²) in [6, 6.07) is 5.22. The number of aryl methyl sites for hydroxylation is 1. The van der Waals surface area contributed by atoms with Crippen LogP contribution in [-0.4, -0.2) is 17.3 Å². The molecular weight excluding hydrogens is 304 g/mol. The molecule has 0 heterocycles. The fourth-order valence-corrected chi connectivity index (χ4v) is 2.34. The van der Waals surface area contributed by atoms with Crippen LogP contribution in [0.1, 0.15) is 27.9 Å². The van der Waals surface area contributed by atoms with E-state index in [4.69, 9.17) is 0 Å². The summed E-state index contributed by atoms with van der Waals surface area (Å²) in [5.74, 6) is -0.584. The number of hydrogen-bond donors (Lipinski definition) is 1. The first-order chi connectivity index (χ1) is 11.5. The number of allylic oxidation sites excluding steroid dienone is 5. The molecule has 0 spiro atoms.